The minimum atomic E-state index is -0.204. The molecule has 0 aromatic heterocycles. The Kier molecular flexibility index (Phi) is 3.28. The highest BCUT2D eigenvalue weighted by Gasteiger charge is 2.38. The van der Waals surface area contributed by atoms with Gasteiger partial charge in [0, 0.05) is 6.54 Å². The molecule has 0 saturated heterocycles. The molecular formula is C14H19N3O. The molecule has 1 aliphatic heterocycles. The summed E-state index contributed by atoms with van der Waals surface area (Å²) in [6.07, 6.45) is 1.84. The summed E-state index contributed by atoms with van der Waals surface area (Å²) in [6, 6.07) is 8.04. The van der Waals surface area contributed by atoms with Gasteiger partial charge in [0.15, 0.2) is 5.96 Å². The highest BCUT2D eigenvalue weighted by Crippen LogP contribution is 2.33. The van der Waals surface area contributed by atoms with E-state index in [9.17, 15) is 0 Å². The Balaban J connectivity index is 2.32. The van der Waals surface area contributed by atoms with Crippen LogP contribution in [0.5, 0.6) is 5.75 Å². The minimum Gasteiger partial charge on any atom is -0.497 e. The molecule has 0 spiro atoms. The topological polar surface area (TPSA) is 50.8 Å². The number of hydrogen-bond acceptors (Lipinski definition) is 4. The molecule has 18 heavy (non-hydrogen) atoms. The Labute approximate surface area is 108 Å². The zero-order valence-corrected chi connectivity index (χ0v) is 10.9. The van der Waals surface area contributed by atoms with Crippen LogP contribution in [-0.4, -0.2) is 31.1 Å². The number of nitrogens with zero attached hydrogens (tertiary/aromatic N) is 2. The molecule has 1 aromatic carbocycles. The van der Waals surface area contributed by atoms with E-state index in [1.807, 2.05) is 18.2 Å². The number of ether oxygens (including phenoxy) is 1. The summed E-state index contributed by atoms with van der Waals surface area (Å²) in [5.74, 6) is 1.43. The van der Waals surface area contributed by atoms with E-state index < -0.39 is 0 Å². The summed E-state index contributed by atoms with van der Waals surface area (Å²) in [6.45, 7) is 7.27. The van der Waals surface area contributed by atoms with Gasteiger partial charge in [-0.3, -0.25) is 4.99 Å². The summed E-state index contributed by atoms with van der Waals surface area (Å²) >= 11 is 0. The van der Waals surface area contributed by atoms with Crippen LogP contribution < -0.4 is 10.5 Å². The average molecular weight is 245 g/mol. The summed E-state index contributed by atoms with van der Waals surface area (Å²) < 4.78 is 5.18. The third kappa shape index (κ3) is 1.94. The highest BCUT2D eigenvalue weighted by atomic mass is 16.5. The average Bonchev–Trinajstić information content (AvgIpc) is 2.69. The molecule has 0 fully saturated rings. The molecule has 1 aliphatic rings. The quantitative estimate of drug-likeness (QED) is 0.822. The zero-order chi connectivity index (χ0) is 13.2. The molecule has 1 heterocycles. The fraction of sp³-hybridized carbons (Fsp3) is 0.357. The van der Waals surface area contributed by atoms with Crippen LogP contribution in [-0.2, 0) is 5.54 Å². The number of rotatable bonds is 4. The molecule has 0 bridgehead atoms. The lowest BCUT2D eigenvalue weighted by atomic mass is 9.91. The smallest absolute Gasteiger partial charge is 0.192 e. The first kappa shape index (κ1) is 12.5. The van der Waals surface area contributed by atoms with Crippen molar-refractivity contribution in [1.82, 2.24) is 4.90 Å². The molecule has 0 amide bonds. The Bertz CT molecular complexity index is 466. The van der Waals surface area contributed by atoms with E-state index in [4.69, 9.17) is 10.5 Å². The number of aliphatic imine (C=N–C) groups is 1. The summed E-state index contributed by atoms with van der Waals surface area (Å²) in [7, 11) is 1.66. The lowest BCUT2D eigenvalue weighted by Gasteiger charge is -2.36. The third-order valence-electron chi connectivity index (χ3n) is 3.44. The van der Waals surface area contributed by atoms with Crippen molar-refractivity contribution >= 4 is 5.96 Å². The number of methoxy groups -OCH3 is 1. The standard InChI is InChI=1S/C14H19N3O/c1-4-9-17-13(15)16-10-14(17,2)11-5-7-12(18-3)8-6-11/h4-8H,1,9-10H2,2-3H3,(H2,15,16). The van der Waals surface area contributed by atoms with Crippen molar-refractivity contribution in [2.75, 3.05) is 20.2 Å². The molecule has 1 atom stereocenters. The van der Waals surface area contributed by atoms with E-state index in [0.717, 1.165) is 5.75 Å². The van der Waals surface area contributed by atoms with Crippen LogP contribution in [0.2, 0.25) is 0 Å². The SMILES string of the molecule is C=CCN1C(N)=NCC1(C)c1ccc(OC)cc1. The molecule has 0 aliphatic carbocycles. The van der Waals surface area contributed by atoms with Crippen molar-refractivity contribution < 1.29 is 4.74 Å². The van der Waals surface area contributed by atoms with Crippen molar-refractivity contribution in [3.8, 4) is 5.75 Å². The Morgan fingerprint density at radius 1 is 1.50 bits per heavy atom. The maximum atomic E-state index is 5.94. The first-order valence-corrected chi connectivity index (χ1v) is 5.95. The van der Waals surface area contributed by atoms with Gasteiger partial charge in [-0.25, -0.2) is 0 Å². The van der Waals surface area contributed by atoms with Gasteiger partial charge >= 0.3 is 0 Å². The van der Waals surface area contributed by atoms with E-state index in [2.05, 4.69) is 35.5 Å². The van der Waals surface area contributed by atoms with E-state index >= 15 is 0 Å². The maximum Gasteiger partial charge on any atom is 0.192 e. The Morgan fingerprint density at radius 3 is 2.72 bits per heavy atom. The van der Waals surface area contributed by atoms with Gasteiger partial charge < -0.3 is 15.4 Å². The molecule has 96 valence electrons. The molecule has 0 radical (unpaired) electrons. The second-order valence-electron chi connectivity index (χ2n) is 4.58. The lowest BCUT2D eigenvalue weighted by molar-refractivity contribution is 0.245. The fourth-order valence-electron chi connectivity index (χ4n) is 2.28. The maximum absolute atomic E-state index is 5.94. The number of nitrogens with two attached hydrogens (primary N) is 1. The number of guanidine groups is 1. The summed E-state index contributed by atoms with van der Waals surface area (Å²) in [4.78, 5) is 6.42. The Hall–Kier alpha value is -1.97. The van der Waals surface area contributed by atoms with Gasteiger partial charge in [0.2, 0.25) is 0 Å². The highest BCUT2D eigenvalue weighted by molar-refractivity contribution is 5.81. The largest absolute Gasteiger partial charge is 0.497 e. The third-order valence-corrected chi connectivity index (χ3v) is 3.44. The van der Waals surface area contributed by atoms with E-state index in [0.29, 0.717) is 19.0 Å². The predicted octanol–water partition coefficient (Wildman–Crippen LogP) is 1.73. The van der Waals surface area contributed by atoms with Crippen molar-refractivity contribution in [3.05, 3.63) is 42.5 Å². The molecule has 1 unspecified atom stereocenters. The second-order valence-corrected chi connectivity index (χ2v) is 4.58. The predicted molar refractivity (Wildman–Crippen MR) is 73.7 cm³/mol. The van der Waals surface area contributed by atoms with Crippen LogP contribution in [0.3, 0.4) is 0 Å². The van der Waals surface area contributed by atoms with E-state index in [-0.39, 0.29) is 5.54 Å². The van der Waals surface area contributed by atoms with Crippen LogP contribution in [0, 0.1) is 0 Å². The van der Waals surface area contributed by atoms with Crippen molar-refractivity contribution in [1.29, 1.82) is 0 Å². The summed E-state index contributed by atoms with van der Waals surface area (Å²) in [5.41, 5.74) is 6.91. The first-order chi connectivity index (χ1) is 8.61. The monoisotopic (exact) mass is 245 g/mol. The van der Waals surface area contributed by atoms with Crippen LogP contribution in [0.4, 0.5) is 0 Å². The molecule has 2 N–H and O–H groups in total. The minimum absolute atomic E-state index is 0.204. The van der Waals surface area contributed by atoms with Crippen LogP contribution in [0.25, 0.3) is 0 Å². The molecule has 4 heteroatoms. The lowest BCUT2D eigenvalue weighted by Crippen LogP contribution is -2.47. The van der Waals surface area contributed by atoms with Crippen molar-refractivity contribution in [3.63, 3.8) is 0 Å². The number of benzene rings is 1. The van der Waals surface area contributed by atoms with Crippen LogP contribution >= 0.6 is 0 Å². The van der Waals surface area contributed by atoms with Gasteiger partial charge in [0.05, 0.1) is 19.2 Å². The van der Waals surface area contributed by atoms with Crippen molar-refractivity contribution in [2.45, 2.75) is 12.5 Å². The van der Waals surface area contributed by atoms with Crippen LogP contribution in [0.1, 0.15) is 12.5 Å². The molecule has 4 nitrogen and oxygen atoms in total. The van der Waals surface area contributed by atoms with Gasteiger partial charge in [-0.1, -0.05) is 18.2 Å². The molecular weight excluding hydrogens is 226 g/mol. The number of hydrogen-bond donors (Lipinski definition) is 1. The normalized spacial score (nSPS) is 22.8. The molecule has 0 saturated carbocycles. The van der Waals surface area contributed by atoms with Crippen LogP contribution in [0.15, 0.2) is 41.9 Å². The van der Waals surface area contributed by atoms with Gasteiger partial charge in [-0.05, 0) is 24.6 Å². The van der Waals surface area contributed by atoms with Gasteiger partial charge in [-0.2, -0.15) is 0 Å². The summed E-state index contributed by atoms with van der Waals surface area (Å²) in [5, 5.41) is 0. The van der Waals surface area contributed by atoms with E-state index in [1.165, 1.54) is 5.56 Å². The fourth-order valence-corrected chi connectivity index (χ4v) is 2.28. The van der Waals surface area contributed by atoms with Gasteiger partial charge in [-0.15, -0.1) is 6.58 Å². The second kappa shape index (κ2) is 4.72. The first-order valence-electron chi connectivity index (χ1n) is 5.95. The molecule has 2 rings (SSSR count). The van der Waals surface area contributed by atoms with Gasteiger partial charge in [0.25, 0.3) is 0 Å². The zero-order valence-electron chi connectivity index (χ0n) is 10.9. The van der Waals surface area contributed by atoms with Crippen molar-refractivity contribution in [2.24, 2.45) is 10.7 Å². The Morgan fingerprint density at radius 2 is 2.17 bits per heavy atom. The van der Waals surface area contributed by atoms with Gasteiger partial charge in [0.1, 0.15) is 5.75 Å². The van der Waals surface area contributed by atoms with E-state index in [1.54, 1.807) is 7.11 Å². The molecule has 1 aromatic rings.